The molecule has 0 unspecified atom stereocenters. The van der Waals surface area contributed by atoms with Crippen LogP contribution in [0.5, 0.6) is 0 Å². The van der Waals surface area contributed by atoms with Crippen LogP contribution in [0, 0.1) is 0 Å². The molecule has 0 spiro atoms. The first kappa shape index (κ1) is 46.0. The van der Waals surface area contributed by atoms with E-state index in [2.05, 4.69) is 0 Å². The van der Waals surface area contributed by atoms with Gasteiger partial charge in [0.25, 0.3) is 0 Å². The van der Waals surface area contributed by atoms with Crippen molar-refractivity contribution >= 4 is 17.9 Å². The molecule has 6 aromatic rings. The Bertz CT molecular complexity index is 2410. The molecule has 340 valence electrons. The molecule has 0 aromatic heterocycles. The molecule has 8 rings (SSSR count). The summed E-state index contributed by atoms with van der Waals surface area (Å²) in [5, 5.41) is 11.7. The van der Waals surface area contributed by atoms with Gasteiger partial charge in [0.1, 0.15) is 37.1 Å². The van der Waals surface area contributed by atoms with Gasteiger partial charge in [0.15, 0.2) is 24.8 Å². The van der Waals surface area contributed by atoms with Gasteiger partial charge in [-0.25, -0.2) is 14.4 Å². The zero-order valence-corrected chi connectivity index (χ0v) is 35.9. The first-order valence-electron chi connectivity index (χ1n) is 21.7. The van der Waals surface area contributed by atoms with Gasteiger partial charge in [-0.15, -0.1) is 0 Å². The fraction of sp³-hybridized carbons (Fsp3) is 0.264. The van der Waals surface area contributed by atoms with Crippen molar-refractivity contribution in [2.75, 3.05) is 13.2 Å². The molecule has 0 amide bonds. The molecule has 2 fully saturated rings. The van der Waals surface area contributed by atoms with E-state index in [0.717, 1.165) is 16.7 Å². The summed E-state index contributed by atoms with van der Waals surface area (Å²) in [6, 6.07) is 53.4. The fourth-order valence-corrected chi connectivity index (χ4v) is 7.67. The van der Waals surface area contributed by atoms with Crippen molar-refractivity contribution in [1.29, 1.82) is 0 Å². The van der Waals surface area contributed by atoms with Crippen LogP contribution in [0.15, 0.2) is 182 Å². The molecule has 6 aromatic carbocycles. The second-order valence-corrected chi connectivity index (χ2v) is 15.7. The van der Waals surface area contributed by atoms with Crippen molar-refractivity contribution in [3.05, 3.63) is 215 Å². The molecular weight excluding hydrogens is 845 g/mol. The predicted molar refractivity (Wildman–Crippen MR) is 239 cm³/mol. The van der Waals surface area contributed by atoms with E-state index in [9.17, 15) is 19.5 Å². The van der Waals surface area contributed by atoms with Gasteiger partial charge < -0.3 is 47.7 Å². The number of rotatable bonds is 19. The molecule has 0 bridgehead atoms. The minimum Gasteiger partial charge on any atom is -0.459 e. The fourth-order valence-electron chi connectivity index (χ4n) is 7.67. The summed E-state index contributed by atoms with van der Waals surface area (Å²) in [4.78, 5) is 41.2. The highest BCUT2D eigenvalue weighted by Gasteiger charge is 2.55. The molecule has 66 heavy (non-hydrogen) atoms. The normalized spacial score (nSPS) is 23.7. The molecule has 13 nitrogen and oxygen atoms in total. The third-order valence-electron chi connectivity index (χ3n) is 11.0. The zero-order chi connectivity index (χ0) is 45.5. The summed E-state index contributed by atoms with van der Waals surface area (Å²) in [6.07, 6.45) is -11.5. The minimum absolute atomic E-state index is 0.0776. The van der Waals surface area contributed by atoms with Gasteiger partial charge in [-0.1, -0.05) is 146 Å². The minimum atomic E-state index is -1.51. The van der Waals surface area contributed by atoms with Gasteiger partial charge in [0.2, 0.25) is 0 Å². The van der Waals surface area contributed by atoms with Crippen molar-refractivity contribution in [3.63, 3.8) is 0 Å². The predicted octanol–water partition coefficient (Wildman–Crippen LogP) is 7.51. The average molecular weight is 895 g/mol. The summed E-state index contributed by atoms with van der Waals surface area (Å²) < 4.78 is 57.3. The summed E-state index contributed by atoms with van der Waals surface area (Å²) in [7, 11) is 0. The molecule has 2 aliphatic heterocycles. The highest BCUT2D eigenvalue weighted by molar-refractivity contribution is 5.91. The van der Waals surface area contributed by atoms with E-state index in [1.165, 1.54) is 0 Å². The first-order valence-corrected chi connectivity index (χ1v) is 21.7. The van der Waals surface area contributed by atoms with Gasteiger partial charge in [-0.3, -0.25) is 0 Å². The molecular formula is C53H50O13. The number of aliphatic hydroxyl groups is 1. The second-order valence-electron chi connectivity index (χ2n) is 15.7. The van der Waals surface area contributed by atoms with Gasteiger partial charge in [-0.05, 0) is 53.1 Å². The highest BCUT2D eigenvalue weighted by Crippen LogP contribution is 2.36. The van der Waals surface area contributed by atoms with E-state index in [4.69, 9.17) is 42.6 Å². The van der Waals surface area contributed by atoms with E-state index in [1.807, 2.05) is 91.0 Å². The maximum atomic E-state index is 14.0. The lowest BCUT2D eigenvalue weighted by Gasteiger charge is -2.45. The van der Waals surface area contributed by atoms with Crippen molar-refractivity contribution in [2.24, 2.45) is 0 Å². The van der Waals surface area contributed by atoms with Gasteiger partial charge in [0, 0.05) is 0 Å². The summed E-state index contributed by atoms with van der Waals surface area (Å²) in [6.45, 7) is -0.160. The lowest BCUT2D eigenvalue weighted by atomic mass is 9.97. The van der Waals surface area contributed by atoms with Crippen molar-refractivity contribution in [1.82, 2.24) is 0 Å². The lowest BCUT2D eigenvalue weighted by molar-refractivity contribution is -0.337. The Morgan fingerprint density at radius 3 is 1.33 bits per heavy atom. The number of benzene rings is 6. The van der Waals surface area contributed by atoms with Crippen LogP contribution in [0.3, 0.4) is 0 Å². The van der Waals surface area contributed by atoms with Crippen LogP contribution < -0.4 is 0 Å². The van der Waals surface area contributed by atoms with Crippen LogP contribution in [-0.4, -0.2) is 91.5 Å². The van der Waals surface area contributed by atoms with Gasteiger partial charge >= 0.3 is 17.9 Å². The molecule has 9 atom stereocenters. The monoisotopic (exact) mass is 894 g/mol. The van der Waals surface area contributed by atoms with Crippen LogP contribution in [0.1, 0.15) is 47.8 Å². The molecule has 13 heteroatoms. The summed E-state index contributed by atoms with van der Waals surface area (Å²) in [5.74, 6) is -2.17. The van der Waals surface area contributed by atoms with Crippen molar-refractivity contribution < 1.29 is 62.1 Å². The first-order chi connectivity index (χ1) is 32.4. The van der Waals surface area contributed by atoms with E-state index in [0.29, 0.717) is 0 Å². The number of carbonyl (C=O) groups excluding carboxylic acids is 3. The number of ether oxygens (including phenoxy) is 9. The van der Waals surface area contributed by atoms with Crippen molar-refractivity contribution in [2.45, 2.75) is 75.1 Å². The number of hydrogen-bond acceptors (Lipinski definition) is 13. The molecule has 2 aliphatic rings. The average Bonchev–Trinajstić information content (AvgIpc) is 3.68. The second kappa shape index (κ2) is 23.1. The Morgan fingerprint density at radius 2 is 0.833 bits per heavy atom. The van der Waals surface area contributed by atoms with Crippen molar-refractivity contribution in [3.8, 4) is 0 Å². The zero-order valence-electron chi connectivity index (χ0n) is 35.9. The topological polar surface area (TPSA) is 155 Å². The van der Waals surface area contributed by atoms with E-state index < -0.39 is 79.8 Å². The molecule has 1 N–H and O–H groups in total. The van der Waals surface area contributed by atoms with Gasteiger partial charge in [-0.2, -0.15) is 0 Å². The quantitative estimate of drug-likeness (QED) is 0.0631. The van der Waals surface area contributed by atoms with Crippen LogP contribution >= 0.6 is 0 Å². The third kappa shape index (κ3) is 12.2. The molecule has 2 saturated heterocycles. The molecule has 0 aliphatic carbocycles. The number of esters is 3. The Hall–Kier alpha value is -6.55. The Labute approximate surface area is 382 Å². The maximum Gasteiger partial charge on any atom is 0.338 e. The SMILES string of the molecule is O=C(OC[C@H]1O[C@H](O[C@H]2[C@H](OCc3ccccc3)[C@@H](OCc3ccccc3)[C@@H](O)O[C@@H]2COCc2ccccc2)[C@@H](OC(=O)c2ccccc2)[C@H]1OC(=O)c1ccccc1)c1ccccc1. The Balaban J connectivity index is 1.15. The van der Waals surface area contributed by atoms with E-state index in [-0.39, 0.29) is 43.1 Å². The van der Waals surface area contributed by atoms with E-state index in [1.54, 1.807) is 91.0 Å². The highest BCUT2D eigenvalue weighted by atomic mass is 16.8. The smallest absolute Gasteiger partial charge is 0.338 e. The lowest BCUT2D eigenvalue weighted by Crippen LogP contribution is -2.62. The summed E-state index contributed by atoms with van der Waals surface area (Å²) >= 11 is 0. The maximum absolute atomic E-state index is 14.0. The third-order valence-corrected chi connectivity index (χ3v) is 11.0. The van der Waals surface area contributed by atoms with E-state index >= 15 is 0 Å². The van der Waals surface area contributed by atoms with Crippen LogP contribution in [0.2, 0.25) is 0 Å². The Kier molecular flexibility index (Phi) is 16.1. The Morgan fingerprint density at radius 1 is 0.424 bits per heavy atom. The largest absolute Gasteiger partial charge is 0.459 e. The van der Waals surface area contributed by atoms with Gasteiger partial charge in [0.05, 0.1) is 43.1 Å². The van der Waals surface area contributed by atoms with Crippen LogP contribution in [0.25, 0.3) is 0 Å². The number of aliphatic hydroxyl groups excluding tert-OH is 1. The number of hydrogen-bond donors (Lipinski definition) is 1. The standard InChI is InChI=1S/C53H50O13/c54-49(39-25-13-4-14-26-39)61-35-43-45(64-50(55)40-27-15-5-16-28-40)48(65-51(56)41-29-17-6-18-30-41)53(63-43)66-44-42(34-58-31-36-19-7-1-8-20-36)62-52(57)47(60-33-38-23-11-3-12-24-38)46(44)59-32-37-21-9-2-10-22-37/h1-30,42-48,52-53,57H,31-35H2/t42-,43-,44-,45+,46+,47-,48+,52+,53-/m1/s1. The molecule has 2 heterocycles. The molecule has 0 radical (unpaired) electrons. The van der Waals surface area contributed by atoms with Crippen LogP contribution in [0.4, 0.5) is 0 Å². The summed E-state index contributed by atoms with van der Waals surface area (Å²) in [5.41, 5.74) is 3.27. The number of carbonyl (C=O) groups is 3. The van der Waals surface area contributed by atoms with Crippen LogP contribution in [-0.2, 0) is 62.5 Å². The molecule has 0 saturated carbocycles.